The first-order valence-electron chi connectivity index (χ1n) is 13.4. The Bertz CT molecular complexity index is 1320. The molecule has 0 saturated carbocycles. The van der Waals surface area contributed by atoms with Crippen molar-refractivity contribution in [1.82, 2.24) is 5.32 Å². The first kappa shape index (κ1) is 27.9. The third kappa shape index (κ3) is 7.70. The summed E-state index contributed by atoms with van der Waals surface area (Å²) < 4.78 is 25.1. The maximum Gasteiger partial charge on any atom is 0.220 e. The van der Waals surface area contributed by atoms with Crippen LogP contribution < -0.4 is 14.8 Å². The maximum absolute atomic E-state index is 13.6. The normalized spacial score (nSPS) is 12.5. The molecule has 0 spiro atoms. The summed E-state index contributed by atoms with van der Waals surface area (Å²) in [7, 11) is 1.68. The average molecular weight is 526 g/mol. The van der Waals surface area contributed by atoms with Gasteiger partial charge >= 0.3 is 0 Å². The number of ether oxygens (including phenoxy) is 2. The monoisotopic (exact) mass is 525 g/mol. The van der Waals surface area contributed by atoms with Gasteiger partial charge in [0.05, 0.1) is 13.2 Å². The number of methoxy groups -OCH3 is 1. The van der Waals surface area contributed by atoms with Crippen LogP contribution in [0.4, 0.5) is 4.39 Å². The molecule has 0 fully saturated rings. The predicted octanol–water partition coefficient (Wildman–Crippen LogP) is 7.48. The van der Waals surface area contributed by atoms with E-state index in [0.29, 0.717) is 13.0 Å². The van der Waals surface area contributed by atoms with Crippen molar-refractivity contribution in [3.8, 4) is 11.5 Å². The fourth-order valence-electron chi connectivity index (χ4n) is 4.93. The number of carbonyl (C=O) groups is 1. The van der Waals surface area contributed by atoms with Gasteiger partial charge in [0.25, 0.3) is 0 Å². The molecule has 1 amide bonds. The summed E-state index contributed by atoms with van der Waals surface area (Å²) in [6.45, 7) is 4.51. The lowest BCUT2D eigenvalue weighted by molar-refractivity contribution is -0.121. The number of carbonyl (C=O) groups excluding carboxylic acids is 1. The molecular weight excluding hydrogens is 489 g/mol. The number of hydrogen-bond acceptors (Lipinski definition) is 3. The van der Waals surface area contributed by atoms with Gasteiger partial charge in [-0.3, -0.25) is 4.79 Å². The van der Waals surface area contributed by atoms with Crippen molar-refractivity contribution in [3.05, 3.63) is 131 Å². The summed E-state index contributed by atoms with van der Waals surface area (Å²) in [4.78, 5) is 13.2. The molecule has 0 saturated heterocycles. The van der Waals surface area contributed by atoms with Crippen LogP contribution in [0.2, 0.25) is 0 Å². The minimum absolute atomic E-state index is 0.0246. The summed E-state index contributed by atoms with van der Waals surface area (Å²) >= 11 is 0. The highest BCUT2D eigenvalue weighted by molar-refractivity contribution is 5.77. The van der Waals surface area contributed by atoms with E-state index >= 15 is 0 Å². The predicted molar refractivity (Wildman–Crippen MR) is 154 cm³/mol. The molecule has 0 bridgehead atoms. The standard InChI is InChI=1S/C34H36FNO3/c1-24(2)39-29-19-15-26(16-20-29)30(31-11-7-8-12-33(31)38-3)21-22-36-34(37)23-32(25-9-5-4-6-10-25)27-13-17-28(35)18-14-27/h4-20,24,30,32H,21-23H2,1-3H3,(H,36,37)/t30-,32+/m0/s1. The van der Waals surface area contributed by atoms with Gasteiger partial charge in [-0.2, -0.15) is 0 Å². The van der Waals surface area contributed by atoms with Crippen LogP contribution >= 0.6 is 0 Å². The maximum atomic E-state index is 13.6. The molecule has 0 heterocycles. The van der Waals surface area contributed by atoms with E-state index in [1.54, 1.807) is 19.2 Å². The van der Waals surface area contributed by atoms with Gasteiger partial charge in [-0.1, -0.05) is 72.8 Å². The molecule has 202 valence electrons. The van der Waals surface area contributed by atoms with E-state index in [4.69, 9.17) is 9.47 Å². The van der Waals surface area contributed by atoms with Crippen molar-refractivity contribution < 1.29 is 18.7 Å². The van der Waals surface area contributed by atoms with Gasteiger partial charge < -0.3 is 14.8 Å². The molecule has 4 aromatic carbocycles. The largest absolute Gasteiger partial charge is 0.496 e. The van der Waals surface area contributed by atoms with Crippen molar-refractivity contribution in [1.29, 1.82) is 0 Å². The van der Waals surface area contributed by atoms with E-state index in [0.717, 1.165) is 33.8 Å². The Kier molecular flexibility index (Phi) is 9.74. The number of halogens is 1. The number of benzene rings is 4. The molecule has 5 heteroatoms. The van der Waals surface area contributed by atoms with E-state index in [9.17, 15) is 9.18 Å². The zero-order valence-corrected chi connectivity index (χ0v) is 22.8. The van der Waals surface area contributed by atoms with Gasteiger partial charge in [-0.25, -0.2) is 4.39 Å². The highest BCUT2D eigenvalue weighted by Gasteiger charge is 2.21. The van der Waals surface area contributed by atoms with Crippen LogP contribution in [0.5, 0.6) is 11.5 Å². The molecule has 0 unspecified atom stereocenters. The lowest BCUT2D eigenvalue weighted by atomic mass is 9.87. The third-order valence-corrected chi connectivity index (χ3v) is 6.79. The Labute approximate surface area is 230 Å². The van der Waals surface area contributed by atoms with Crippen LogP contribution in [0.3, 0.4) is 0 Å². The summed E-state index contributed by atoms with van der Waals surface area (Å²) in [5, 5.41) is 3.13. The zero-order valence-electron chi connectivity index (χ0n) is 22.8. The van der Waals surface area contributed by atoms with Gasteiger partial charge in [-0.05, 0) is 67.3 Å². The smallest absolute Gasteiger partial charge is 0.220 e. The van der Waals surface area contributed by atoms with Gasteiger partial charge in [0.15, 0.2) is 0 Å². The number of nitrogens with one attached hydrogen (secondary N) is 1. The van der Waals surface area contributed by atoms with Crippen LogP contribution in [0.25, 0.3) is 0 Å². The Hall–Kier alpha value is -4.12. The van der Waals surface area contributed by atoms with Crippen LogP contribution in [0.15, 0.2) is 103 Å². The second kappa shape index (κ2) is 13.6. The summed E-state index contributed by atoms with van der Waals surface area (Å²) in [6.07, 6.45) is 1.07. The topological polar surface area (TPSA) is 47.6 Å². The van der Waals surface area contributed by atoms with Crippen molar-refractivity contribution >= 4 is 5.91 Å². The zero-order chi connectivity index (χ0) is 27.6. The quantitative estimate of drug-likeness (QED) is 0.209. The van der Waals surface area contributed by atoms with E-state index in [2.05, 4.69) is 23.5 Å². The van der Waals surface area contributed by atoms with Gasteiger partial charge in [0, 0.05) is 30.4 Å². The lowest BCUT2D eigenvalue weighted by Gasteiger charge is -2.22. The van der Waals surface area contributed by atoms with E-state index < -0.39 is 0 Å². The number of hydrogen-bond donors (Lipinski definition) is 1. The second-order valence-electron chi connectivity index (χ2n) is 9.89. The molecule has 1 N–H and O–H groups in total. The Morgan fingerprint density at radius 1 is 0.769 bits per heavy atom. The van der Waals surface area contributed by atoms with Crippen LogP contribution in [0.1, 0.15) is 60.8 Å². The van der Waals surface area contributed by atoms with Gasteiger partial charge in [-0.15, -0.1) is 0 Å². The molecule has 4 rings (SSSR count). The third-order valence-electron chi connectivity index (χ3n) is 6.79. The van der Waals surface area contributed by atoms with Crippen LogP contribution in [0, 0.1) is 5.82 Å². The van der Waals surface area contributed by atoms with Crippen molar-refractivity contribution in [2.45, 2.75) is 44.6 Å². The minimum Gasteiger partial charge on any atom is -0.496 e. The molecular formula is C34H36FNO3. The SMILES string of the molecule is COc1ccccc1[C@@H](CCNC(=O)C[C@H](c1ccccc1)c1ccc(F)cc1)c1ccc(OC(C)C)cc1. The molecule has 2 atom stereocenters. The molecule has 4 aromatic rings. The second-order valence-corrected chi connectivity index (χ2v) is 9.89. The summed E-state index contributed by atoms with van der Waals surface area (Å²) in [5.41, 5.74) is 4.13. The van der Waals surface area contributed by atoms with Crippen molar-refractivity contribution in [2.75, 3.05) is 13.7 Å². The minimum atomic E-state index is -0.291. The Balaban J connectivity index is 1.49. The fraction of sp³-hybridized carbons (Fsp3) is 0.265. The molecule has 39 heavy (non-hydrogen) atoms. The molecule has 4 nitrogen and oxygen atoms in total. The summed E-state index contributed by atoms with van der Waals surface area (Å²) in [6, 6.07) is 32.4. The van der Waals surface area contributed by atoms with Crippen molar-refractivity contribution in [3.63, 3.8) is 0 Å². The molecule has 0 aliphatic carbocycles. The summed E-state index contributed by atoms with van der Waals surface area (Å²) in [5.74, 6) is 1.17. The van der Waals surface area contributed by atoms with Gasteiger partial charge in [0.2, 0.25) is 5.91 Å². The molecule has 0 radical (unpaired) electrons. The van der Waals surface area contributed by atoms with Crippen molar-refractivity contribution in [2.24, 2.45) is 0 Å². The lowest BCUT2D eigenvalue weighted by Crippen LogP contribution is -2.27. The van der Waals surface area contributed by atoms with E-state index in [-0.39, 0.29) is 36.1 Å². The number of amides is 1. The van der Waals surface area contributed by atoms with Gasteiger partial charge in [0.1, 0.15) is 17.3 Å². The van der Waals surface area contributed by atoms with E-state index in [1.807, 2.05) is 74.5 Å². The molecule has 0 aliphatic heterocycles. The average Bonchev–Trinajstić information content (AvgIpc) is 2.95. The first-order valence-corrected chi connectivity index (χ1v) is 13.4. The number of rotatable bonds is 12. The number of para-hydroxylation sites is 1. The highest BCUT2D eigenvalue weighted by atomic mass is 19.1. The fourth-order valence-corrected chi connectivity index (χ4v) is 4.93. The Morgan fingerprint density at radius 2 is 1.36 bits per heavy atom. The van der Waals surface area contributed by atoms with E-state index in [1.165, 1.54) is 12.1 Å². The Morgan fingerprint density at radius 3 is 2.03 bits per heavy atom. The first-order chi connectivity index (χ1) is 18.9. The molecule has 0 aliphatic rings. The highest BCUT2D eigenvalue weighted by Crippen LogP contribution is 2.35. The molecule has 0 aromatic heterocycles. The van der Waals surface area contributed by atoms with Crippen LogP contribution in [-0.4, -0.2) is 25.7 Å². The van der Waals surface area contributed by atoms with Crippen LogP contribution in [-0.2, 0) is 4.79 Å².